The summed E-state index contributed by atoms with van der Waals surface area (Å²) in [5.41, 5.74) is 7.91. The molecule has 2 N–H and O–H groups in total. The maximum absolute atomic E-state index is 5.67. The largest absolute Gasteiger partial charge is 0.344 e. The topological polar surface area (TPSA) is 55.0 Å². The van der Waals surface area contributed by atoms with Crippen molar-refractivity contribution in [3.63, 3.8) is 0 Å². The van der Waals surface area contributed by atoms with Crippen LogP contribution in [0.4, 0.5) is 5.13 Å². The summed E-state index contributed by atoms with van der Waals surface area (Å²) in [7, 11) is 0. The second-order valence-electron chi connectivity index (χ2n) is 4.89. The Kier molecular flexibility index (Phi) is 4.43. The highest BCUT2D eigenvalue weighted by molar-refractivity contribution is 7.22. The van der Waals surface area contributed by atoms with Crippen LogP contribution in [0.5, 0.6) is 0 Å². The van der Waals surface area contributed by atoms with Crippen LogP contribution in [0.1, 0.15) is 12.0 Å². The van der Waals surface area contributed by atoms with Crippen LogP contribution in [0.3, 0.4) is 0 Å². The lowest BCUT2D eigenvalue weighted by molar-refractivity contribution is 0.732. The highest BCUT2D eigenvalue weighted by Gasteiger charge is 2.12. The zero-order chi connectivity index (χ0) is 14.5. The van der Waals surface area contributed by atoms with Crippen LogP contribution in [0.15, 0.2) is 48.8 Å². The van der Waals surface area contributed by atoms with Crippen molar-refractivity contribution < 1.29 is 0 Å². The zero-order valence-corrected chi connectivity index (χ0v) is 12.6. The fourth-order valence-electron chi connectivity index (χ4n) is 2.23. The monoisotopic (exact) mass is 298 g/mol. The number of pyridine rings is 1. The van der Waals surface area contributed by atoms with Gasteiger partial charge in [0.1, 0.15) is 0 Å². The summed E-state index contributed by atoms with van der Waals surface area (Å²) in [4.78, 5) is 11.2. The molecule has 0 atom stereocenters. The summed E-state index contributed by atoms with van der Waals surface area (Å²) >= 11 is 1.73. The molecule has 2 aromatic heterocycles. The van der Waals surface area contributed by atoms with Crippen LogP contribution in [0, 0.1) is 0 Å². The molecule has 0 aliphatic carbocycles. The Balaban J connectivity index is 1.87. The van der Waals surface area contributed by atoms with E-state index in [-0.39, 0.29) is 0 Å². The first-order valence-corrected chi connectivity index (χ1v) is 7.88. The Bertz CT molecular complexity index is 663. The molecule has 2 heterocycles. The number of rotatable bonds is 6. The van der Waals surface area contributed by atoms with Crippen LogP contribution < -0.4 is 10.6 Å². The van der Waals surface area contributed by atoms with Crippen molar-refractivity contribution in [3.8, 4) is 0 Å². The molecule has 0 aliphatic heterocycles. The number of para-hydroxylation sites is 1. The van der Waals surface area contributed by atoms with Crippen molar-refractivity contribution in [2.75, 3.05) is 18.0 Å². The van der Waals surface area contributed by atoms with Crippen molar-refractivity contribution in [2.24, 2.45) is 5.73 Å². The smallest absolute Gasteiger partial charge is 0.186 e. The lowest BCUT2D eigenvalue weighted by Crippen LogP contribution is -2.25. The van der Waals surface area contributed by atoms with Crippen LogP contribution in [0.25, 0.3) is 10.2 Å². The first-order valence-electron chi connectivity index (χ1n) is 7.06. The van der Waals surface area contributed by atoms with Gasteiger partial charge in [0.15, 0.2) is 5.13 Å². The summed E-state index contributed by atoms with van der Waals surface area (Å²) < 4.78 is 1.22. The maximum Gasteiger partial charge on any atom is 0.186 e. The zero-order valence-electron chi connectivity index (χ0n) is 11.8. The average Bonchev–Trinajstić information content (AvgIpc) is 2.96. The number of nitrogens with two attached hydrogens (primary N) is 1. The van der Waals surface area contributed by atoms with Gasteiger partial charge in [-0.25, -0.2) is 4.98 Å². The molecule has 0 spiro atoms. The highest BCUT2D eigenvalue weighted by atomic mass is 32.1. The molecule has 3 rings (SSSR count). The van der Waals surface area contributed by atoms with Crippen molar-refractivity contribution in [3.05, 3.63) is 54.4 Å². The van der Waals surface area contributed by atoms with Crippen molar-refractivity contribution >= 4 is 26.7 Å². The van der Waals surface area contributed by atoms with Gasteiger partial charge in [0.2, 0.25) is 0 Å². The summed E-state index contributed by atoms with van der Waals surface area (Å²) in [5.74, 6) is 0. The summed E-state index contributed by atoms with van der Waals surface area (Å²) in [6.45, 7) is 2.41. The van der Waals surface area contributed by atoms with E-state index < -0.39 is 0 Å². The predicted molar refractivity (Wildman–Crippen MR) is 88.6 cm³/mol. The molecule has 0 unspecified atom stereocenters. The first kappa shape index (κ1) is 14.0. The average molecular weight is 298 g/mol. The maximum atomic E-state index is 5.67. The molecule has 0 amide bonds. The molecule has 3 aromatic rings. The van der Waals surface area contributed by atoms with Gasteiger partial charge >= 0.3 is 0 Å². The minimum absolute atomic E-state index is 0.689. The van der Waals surface area contributed by atoms with Crippen molar-refractivity contribution in [1.29, 1.82) is 0 Å². The van der Waals surface area contributed by atoms with E-state index in [1.807, 2.05) is 18.3 Å². The molecule has 0 saturated carbocycles. The van der Waals surface area contributed by atoms with Gasteiger partial charge in [-0.05, 0) is 36.7 Å². The predicted octanol–water partition coefficient (Wildman–Crippen LogP) is 3.05. The number of benzene rings is 1. The van der Waals surface area contributed by atoms with Crippen LogP contribution >= 0.6 is 11.3 Å². The van der Waals surface area contributed by atoms with E-state index in [0.29, 0.717) is 6.54 Å². The number of aromatic nitrogens is 2. The second kappa shape index (κ2) is 6.65. The molecule has 0 radical (unpaired) electrons. The van der Waals surface area contributed by atoms with E-state index in [1.54, 1.807) is 17.5 Å². The molecule has 0 saturated heterocycles. The highest BCUT2D eigenvalue weighted by Crippen LogP contribution is 2.29. The van der Waals surface area contributed by atoms with Gasteiger partial charge in [0, 0.05) is 25.5 Å². The van der Waals surface area contributed by atoms with Gasteiger partial charge < -0.3 is 10.6 Å². The minimum atomic E-state index is 0.689. The number of hydrogen-bond acceptors (Lipinski definition) is 5. The number of fused-ring (bicyclic) bond motifs is 1. The fraction of sp³-hybridized carbons (Fsp3) is 0.250. The molecule has 0 fully saturated rings. The number of anilines is 1. The Morgan fingerprint density at radius 2 is 2.05 bits per heavy atom. The minimum Gasteiger partial charge on any atom is -0.344 e. The Morgan fingerprint density at radius 3 is 2.81 bits per heavy atom. The van der Waals surface area contributed by atoms with Gasteiger partial charge in [-0.1, -0.05) is 29.5 Å². The molecule has 0 bridgehead atoms. The molecule has 0 aliphatic rings. The normalized spacial score (nSPS) is 10.9. The van der Waals surface area contributed by atoms with E-state index in [9.17, 15) is 0 Å². The molecule has 4 nitrogen and oxygen atoms in total. The lowest BCUT2D eigenvalue weighted by Gasteiger charge is -2.21. The summed E-state index contributed by atoms with van der Waals surface area (Å²) in [6, 6.07) is 12.3. The molecule has 1 aromatic carbocycles. The SMILES string of the molecule is NCCCN(Cc1cccnc1)c1nc2ccccc2s1. The number of nitrogens with zero attached hydrogens (tertiary/aromatic N) is 3. The van der Waals surface area contributed by atoms with Crippen molar-refractivity contribution in [1.82, 2.24) is 9.97 Å². The van der Waals surface area contributed by atoms with Gasteiger partial charge in [-0.15, -0.1) is 0 Å². The van der Waals surface area contributed by atoms with Gasteiger partial charge in [0.25, 0.3) is 0 Å². The fourth-order valence-corrected chi connectivity index (χ4v) is 3.22. The van der Waals surface area contributed by atoms with E-state index in [2.05, 4.69) is 34.1 Å². The quantitative estimate of drug-likeness (QED) is 0.760. The third-order valence-electron chi connectivity index (χ3n) is 3.28. The first-order chi connectivity index (χ1) is 10.4. The lowest BCUT2D eigenvalue weighted by atomic mass is 10.2. The van der Waals surface area contributed by atoms with E-state index in [1.165, 1.54) is 10.3 Å². The Hall–Kier alpha value is -1.98. The molecule has 21 heavy (non-hydrogen) atoms. The second-order valence-corrected chi connectivity index (χ2v) is 5.90. The Morgan fingerprint density at radius 1 is 1.14 bits per heavy atom. The summed E-state index contributed by atoms with van der Waals surface area (Å²) in [5, 5.41) is 1.05. The molecular formula is C16H18N4S. The Labute approximate surface area is 128 Å². The standard InChI is InChI=1S/C16H18N4S/c17-8-4-10-20(12-13-5-3-9-18-11-13)16-19-14-6-1-2-7-15(14)21-16/h1-3,5-7,9,11H,4,8,10,12,17H2. The van der Waals surface area contributed by atoms with Crippen LogP contribution in [-0.4, -0.2) is 23.1 Å². The van der Waals surface area contributed by atoms with Crippen molar-refractivity contribution in [2.45, 2.75) is 13.0 Å². The van der Waals surface area contributed by atoms with Gasteiger partial charge in [0.05, 0.1) is 10.2 Å². The van der Waals surface area contributed by atoms with Gasteiger partial charge in [-0.2, -0.15) is 0 Å². The van der Waals surface area contributed by atoms with Crippen LogP contribution in [0.2, 0.25) is 0 Å². The molecule has 5 heteroatoms. The molecule has 108 valence electrons. The number of hydrogen-bond donors (Lipinski definition) is 1. The van der Waals surface area contributed by atoms with Crippen LogP contribution in [-0.2, 0) is 6.54 Å². The summed E-state index contributed by atoms with van der Waals surface area (Å²) in [6.07, 6.45) is 4.66. The third-order valence-corrected chi connectivity index (χ3v) is 4.38. The van der Waals surface area contributed by atoms with E-state index in [0.717, 1.165) is 30.2 Å². The molecular weight excluding hydrogens is 280 g/mol. The number of thiazole rings is 1. The van der Waals surface area contributed by atoms with Gasteiger partial charge in [-0.3, -0.25) is 4.98 Å². The van der Waals surface area contributed by atoms with E-state index >= 15 is 0 Å². The third kappa shape index (κ3) is 3.37. The van der Waals surface area contributed by atoms with E-state index in [4.69, 9.17) is 10.7 Å².